The Morgan fingerprint density at radius 1 is 1.50 bits per heavy atom. The molecule has 1 aromatic rings. The minimum atomic E-state index is -1.50. The van der Waals surface area contributed by atoms with Crippen LogP contribution in [0, 0.1) is 11.6 Å². The Labute approximate surface area is 91.1 Å². The van der Waals surface area contributed by atoms with Crippen LogP contribution in [0.15, 0.2) is 12.1 Å². The standard InChI is InChI=1S/C10H12F2N2O2/c1-5(4-13)14-7-3-2-6(10(15)16)8(11)9(7)12/h2-3,5,14H,4,13H2,1H3,(H,15,16). The Morgan fingerprint density at radius 2 is 2.12 bits per heavy atom. The van der Waals surface area contributed by atoms with E-state index in [2.05, 4.69) is 5.32 Å². The normalized spacial score (nSPS) is 12.2. The molecule has 0 amide bonds. The summed E-state index contributed by atoms with van der Waals surface area (Å²) in [5.74, 6) is -4.09. The van der Waals surface area contributed by atoms with Crippen LogP contribution >= 0.6 is 0 Å². The van der Waals surface area contributed by atoms with Crippen molar-refractivity contribution in [3.05, 3.63) is 29.3 Å². The number of aromatic carboxylic acids is 1. The van der Waals surface area contributed by atoms with Crippen molar-refractivity contribution in [1.82, 2.24) is 0 Å². The first-order valence-electron chi connectivity index (χ1n) is 4.65. The highest BCUT2D eigenvalue weighted by Gasteiger charge is 2.18. The summed E-state index contributed by atoms with van der Waals surface area (Å²) < 4.78 is 26.6. The molecule has 1 unspecified atom stereocenters. The summed E-state index contributed by atoms with van der Waals surface area (Å²) in [6, 6.07) is 1.95. The van der Waals surface area contributed by atoms with Crippen molar-refractivity contribution in [3.63, 3.8) is 0 Å². The maximum absolute atomic E-state index is 13.4. The zero-order valence-corrected chi connectivity index (χ0v) is 8.63. The van der Waals surface area contributed by atoms with Crippen LogP contribution < -0.4 is 11.1 Å². The third-order valence-corrected chi connectivity index (χ3v) is 2.07. The molecular formula is C10H12F2N2O2. The van der Waals surface area contributed by atoms with Crippen molar-refractivity contribution < 1.29 is 18.7 Å². The minimum absolute atomic E-state index is 0.0968. The maximum Gasteiger partial charge on any atom is 0.338 e. The Morgan fingerprint density at radius 3 is 2.62 bits per heavy atom. The number of nitrogens with one attached hydrogen (secondary N) is 1. The molecule has 6 heteroatoms. The summed E-state index contributed by atoms with van der Waals surface area (Å²) in [4.78, 5) is 10.5. The average Bonchev–Trinajstić information content (AvgIpc) is 2.24. The Kier molecular flexibility index (Phi) is 3.78. The molecular weight excluding hydrogens is 218 g/mol. The number of carboxylic acids is 1. The lowest BCUT2D eigenvalue weighted by Gasteiger charge is -2.14. The third kappa shape index (κ3) is 2.46. The van der Waals surface area contributed by atoms with Crippen LogP contribution in [0.4, 0.5) is 14.5 Å². The van der Waals surface area contributed by atoms with Gasteiger partial charge in [0.2, 0.25) is 0 Å². The number of hydrogen-bond donors (Lipinski definition) is 3. The minimum Gasteiger partial charge on any atom is -0.478 e. The second kappa shape index (κ2) is 4.89. The average molecular weight is 230 g/mol. The van der Waals surface area contributed by atoms with Gasteiger partial charge in [-0.25, -0.2) is 13.6 Å². The topological polar surface area (TPSA) is 75.3 Å². The monoisotopic (exact) mass is 230 g/mol. The smallest absolute Gasteiger partial charge is 0.338 e. The van der Waals surface area contributed by atoms with E-state index in [9.17, 15) is 13.6 Å². The second-order valence-corrected chi connectivity index (χ2v) is 3.37. The number of hydrogen-bond acceptors (Lipinski definition) is 3. The molecule has 1 atom stereocenters. The lowest BCUT2D eigenvalue weighted by atomic mass is 10.1. The fourth-order valence-corrected chi connectivity index (χ4v) is 1.15. The van der Waals surface area contributed by atoms with E-state index in [4.69, 9.17) is 10.8 Å². The van der Waals surface area contributed by atoms with Gasteiger partial charge >= 0.3 is 5.97 Å². The van der Waals surface area contributed by atoms with Gasteiger partial charge in [0.25, 0.3) is 0 Å². The van der Waals surface area contributed by atoms with Crippen molar-refractivity contribution in [2.24, 2.45) is 5.73 Å². The molecule has 0 aliphatic rings. The highest BCUT2D eigenvalue weighted by molar-refractivity contribution is 5.88. The van der Waals surface area contributed by atoms with Gasteiger partial charge in [-0.2, -0.15) is 0 Å². The van der Waals surface area contributed by atoms with E-state index in [0.29, 0.717) is 0 Å². The Hall–Kier alpha value is -1.69. The first-order chi connectivity index (χ1) is 7.47. The molecule has 4 nitrogen and oxygen atoms in total. The first-order valence-corrected chi connectivity index (χ1v) is 4.65. The summed E-state index contributed by atoms with van der Waals surface area (Å²) in [7, 11) is 0. The predicted molar refractivity (Wildman–Crippen MR) is 55.5 cm³/mol. The van der Waals surface area contributed by atoms with Crippen LogP contribution in [-0.2, 0) is 0 Å². The molecule has 1 aromatic carbocycles. The number of rotatable bonds is 4. The van der Waals surface area contributed by atoms with Crippen LogP contribution in [0.1, 0.15) is 17.3 Å². The molecule has 16 heavy (non-hydrogen) atoms. The van der Waals surface area contributed by atoms with Crippen LogP contribution in [-0.4, -0.2) is 23.7 Å². The van der Waals surface area contributed by atoms with Gasteiger partial charge in [-0.05, 0) is 19.1 Å². The molecule has 0 heterocycles. The molecule has 0 saturated carbocycles. The van der Waals surface area contributed by atoms with E-state index in [1.807, 2.05) is 0 Å². The zero-order chi connectivity index (χ0) is 12.3. The van der Waals surface area contributed by atoms with Crippen LogP contribution in [0.25, 0.3) is 0 Å². The van der Waals surface area contributed by atoms with E-state index in [0.717, 1.165) is 6.07 Å². The number of benzene rings is 1. The molecule has 0 bridgehead atoms. The number of carbonyl (C=O) groups is 1. The van der Waals surface area contributed by atoms with E-state index < -0.39 is 23.2 Å². The molecule has 0 aromatic heterocycles. The van der Waals surface area contributed by atoms with Crippen molar-refractivity contribution >= 4 is 11.7 Å². The van der Waals surface area contributed by atoms with Gasteiger partial charge in [-0.1, -0.05) is 0 Å². The van der Waals surface area contributed by atoms with Crippen molar-refractivity contribution in [2.75, 3.05) is 11.9 Å². The summed E-state index contributed by atoms with van der Waals surface area (Å²) in [5.41, 5.74) is 4.53. The van der Waals surface area contributed by atoms with Crippen LogP contribution in [0.2, 0.25) is 0 Å². The number of halogens is 2. The van der Waals surface area contributed by atoms with Gasteiger partial charge in [-0.15, -0.1) is 0 Å². The van der Waals surface area contributed by atoms with Gasteiger partial charge in [-0.3, -0.25) is 0 Å². The third-order valence-electron chi connectivity index (χ3n) is 2.07. The molecule has 4 N–H and O–H groups in total. The van der Waals surface area contributed by atoms with E-state index in [1.165, 1.54) is 6.07 Å². The molecule has 0 aliphatic heterocycles. The molecule has 0 spiro atoms. The van der Waals surface area contributed by atoms with Crippen LogP contribution in [0.5, 0.6) is 0 Å². The van der Waals surface area contributed by atoms with E-state index >= 15 is 0 Å². The lowest BCUT2D eigenvalue weighted by Crippen LogP contribution is -2.26. The highest BCUT2D eigenvalue weighted by atomic mass is 19.2. The van der Waals surface area contributed by atoms with Crippen LogP contribution in [0.3, 0.4) is 0 Å². The molecule has 1 rings (SSSR count). The zero-order valence-electron chi connectivity index (χ0n) is 8.63. The van der Waals surface area contributed by atoms with Gasteiger partial charge < -0.3 is 16.2 Å². The van der Waals surface area contributed by atoms with Crippen molar-refractivity contribution in [3.8, 4) is 0 Å². The van der Waals surface area contributed by atoms with E-state index in [-0.39, 0.29) is 18.3 Å². The number of nitrogens with two attached hydrogens (primary N) is 1. The van der Waals surface area contributed by atoms with Crippen molar-refractivity contribution in [1.29, 1.82) is 0 Å². The van der Waals surface area contributed by atoms with Gasteiger partial charge in [0.15, 0.2) is 11.6 Å². The van der Waals surface area contributed by atoms with Gasteiger partial charge in [0.1, 0.15) is 0 Å². The Bertz CT molecular complexity index is 410. The summed E-state index contributed by atoms with van der Waals surface area (Å²) >= 11 is 0. The second-order valence-electron chi connectivity index (χ2n) is 3.37. The Balaban J connectivity index is 3.07. The number of anilines is 1. The first kappa shape index (κ1) is 12.4. The molecule has 88 valence electrons. The SMILES string of the molecule is CC(CN)Nc1ccc(C(=O)O)c(F)c1F. The quantitative estimate of drug-likeness (QED) is 0.731. The summed E-state index contributed by atoms with van der Waals surface area (Å²) in [6.45, 7) is 1.95. The van der Waals surface area contributed by atoms with E-state index in [1.54, 1.807) is 6.92 Å². The molecule has 0 saturated heterocycles. The largest absolute Gasteiger partial charge is 0.478 e. The van der Waals surface area contributed by atoms with Gasteiger partial charge in [0.05, 0.1) is 11.3 Å². The lowest BCUT2D eigenvalue weighted by molar-refractivity contribution is 0.0690. The molecule has 0 fully saturated rings. The predicted octanol–water partition coefficient (Wildman–Crippen LogP) is 1.42. The summed E-state index contributed by atoms with van der Waals surface area (Å²) in [6.07, 6.45) is 0. The van der Waals surface area contributed by atoms with Crippen molar-refractivity contribution in [2.45, 2.75) is 13.0 Å². The maximum atomic E-state index is 13.4. The molecule has 0 radical (unpaired) electrons. The highest BCUT2D eigenvalue weighted by Crippen LogP contribution is 2.21. The number of carboxylic acid groups (broad SMARTS) is 1. The van der Waals surface area contributed by atoms with Gasteiger partial charge in [0, 0.05) is 12.6 Å². The fraction of sp³-hybridized carbons (Fsp3) is 0.300. The molecule has 0 aliphatic carbocycles. The fourth-order valence-electron chi connectivity index (χ4n) is 1.15. The summed E-state index contributed by atoms with van der Waals surface area (Å²) in [5, 5.41) is 11.2.